The summed E-state index contributed by atoms with van der Waals surface area (Å²) in [5.74, 6) is 0. The molecule has 7 nitrogen and oxygen atoms in total. The van der Waals surface area contributed by atoms with E-state index >= 15 is 0 Å². The normalized spacial score (nSPS) is 8.94. The Bertz CT molecular complexity index is 227. The van der Waals surface area contributed by atoms with Crippen LogP contribution < -0.4 is 29.6 Å². The van der Waals surface area contributed by atoms with E-state index in [-0.39, 0.29) is 49.4 Å². The van der Waals surface area contributed by atoms with Gasteiger partial charge in [-0.05, 0) is 13.8 Å². The molecule has 0 aromatic heterocycles. The van der Waals surface area contributed by atoms with Crippen LogP contribution in [0.4, 0.5) is 0 Å². The number of rotatable bonds is 6. The van der Waals surface area contributed by atoms with Crippen molar-refractivity contribution in [1.29, 1.82) is 0 Å². The van der Waals surface area contributed by atoms with Gasteiger partial charge in [-0.1, -0.05) is 6.08 Å². The Kier molecular flexibility index (Phi) is 33.9. The minimum absolute atomic E-state index is 0. The molecule has 0 saturated heterocycles. The van der Waals surface area contributed by atoms with Gasteiger partial charge in [-0.2, -0.15) is 0 Å². The molecule has 106 valence electrons. The van der Waals surface area contributed by atoms with Crippen molar-refractivity contribution in [3.8, 4) is 0 Å². The molecule has 18 heavy (non-hydrogen) atoms. The fraction of sp³-hybridized carbons (Fsp3) is 0.778. The third-order valence-corrected chi connectivity index (χ3v) is 1.26. The van der Waals surface area contributed by atoms with Crippen LogP contribution in [0.5, 0.6) is 0 Å². The fourth-order valence-electron chi connectivity index (χ4n) is 0.336. The van der Waals surface area contributed by atoms with Gasteiger partial charge in [0.25, 0.3) is 0 Å². The van der Waals surface area contributed by atoms with Gasteiger partial charge in [0, 0.05) is 13.2 Å². The first-order valence-corrected chi connectivity index (χ1v) is 6.23. The summed E-state index contributed by atoms with van der Waals surface area (Å²) in [6.07, 6.45) is 1.18. The second-order valence-corrected chi connectivity index (χ2v) is 3.26. The van der Waals surface area contributed by atoms with Crippen molar-refractivity contribution in [3.63, 3.8) is 0 Å². The zero-order valence-corrected chi connectivity index (χ0v) is 14.0. The Morgan fingerprint density at radius 1 is 1.22 bits per heavy atom. The second kappa shape index (κ2) is 22.7. The van der Waals surface area contributed by atoms with Crippen molar-refractivity contribution in [2.24, 2.45) is 0 Å². The molecule has 0 atom stereocenters. The summed E-state index contributed by atoms with van der Waals surface area (Å²) >= 11 is 0. The zero-order chi connectivity index (χ0) is 14.2. The molecule has 0 amide bonds. The Balaban J connectivity index is -0.0000000855. The molecule has 9 heteroatoms. The number of hydrogen-bond donors (Lipinski definition) is 2. The minimum atomic E-state index is -4.51. The van der Waals surface area contributed by atoms with E-state index in [1.807, 2.05) is 13.8 Å². The van der Waals surface area contributed by atoms with Gasteiger partial charge in [0.1, 0.15) is 0 Å². The third-order valence-electron chi connectivity index (χ3n) is 0.838. The molecule has 0 aliphatic carbocycles. The van der Waals surface area contributed by atoms with Crippen molar-refractivity contribution >= 4 is 10.4 Å². The standard InChI is InChI=1S/C4H10O.C3H6O4S.C2H6O2.Na/c1-3-5-4-2;1-2-3-7-8(4,5)6;3-1-2-4;/h3-4H2,1-2H3;2H,1,3H2,(H,4,5,6);3-4H,1-2H2;/q;;;+1/p-1. The maximum atomic E-state index is 9.56. The zero-order valence-electron chi connectivity index (χ0n) is 11.2. The van der Waals surface area contributed by atoms with E-state index in [0.717, 1.165) is 13.2 Å². The van der Waals surface area contributed by atoms with Crippen LogP contribution in [0.2, 0.25) is 0 Å². The Morgan fingerprint density at radius 2 is 1.61 bits per heavy atom. The fourth-order valence-corrected chi connectivity index (χ4v) is 0.598. The second-order valence-electron chi connectivity index (χ2n) is 2.21. The van der Waals surface area contributed by atoms with Crippen molar-refractivity contribution < 1.29 is 61.7 Å². The summed E-state index contributed by atoms with van der Waals surface area (Å²) in [4.78, 5) is 0. The number of ether oxygens (including phenoxy) is 1. The van der Waals surface area contributed by atoms with E-state index in [1.54, 1.807) is 0 Å². The van der Waals surface area contributed by atoms with Crippen molar-refractivity contribution in [2.75, 3.05) is 33.0 Å². The Hall–Kier alpha value is 0.490. The first-order valence-electron chi connectivity index (χ1n) is 4.90. The molecule has 0 aliphatic rings. The van der Waals surface area contributed by atoms with Gasteiger partial charge in [0.05, 0.1) is 19.8 Å². The van der Waals surface area contributed by atoms with Crippen LogP contribution in [0.25, 0.3) is 0 Å². The molecule has 0 saturated carbocycles. The number of aliphatic hydroxyl groups excluding tert-OH is 2. The summed E-state index contributed by atoms with van der Waals surface area (Å²) in [5.41, 5.74) is 0. The molecule has 0 aromatic carbocycles. The van der Waals surface area contributed by atoms with Crippen molar-refractivity contribution in [2.45, 2.75) is 13.8 Å². The predicted molar refractivity (Wildman–Crippen MR) is 62.2 cm³/mol. The van der Waals surface area contributed by atoms with Crippen LogP contribution in [0.3, 0.4) is 0 Å². The van der Waals surface area contributed by atoms with Crippen LogP contribution >= 0.6 is 0 Å². The monoisotopic (exact) mass is 296 g/mol. The molecule has 0 spiro atoms. The van der Waals surface area contributed by atoms with E-state index in [1.165, 1.54) is 6.08 Å². The van der Waals surface area contributed by atoms with Gasteiger partial charge >= 0.3 is 29.6 Å². The van der Waals surface area contributed by atoms with Gasteiger partial charge in [-0.25, -0.2) is 8.42 Å². The van der Waals surface area contributed by atoms with Crippen molar-refractivity contribution in [1.82, 2.24) is 0 Å². The van der Waals surface area contributed by atoms with E-state index in [4.69, 9.17) is 14.9 Å². The molecule has 2 N–H and O–H groups in total. The van der Waals surface area contributed by atoms with Crippen LogP contribution in [0, 0.1) is 0 Å². The quantitative estimate of drug-likeness (QED) is 0.228. The minimum Gasteiger partial charge on any atom is -0.726 e. The maximum absolute atomic E-state index is 9.56. The number of aliphatic hydroxyl groups is 2. The summed E-state index contributed by atoms with van der Waals surface area (Å²) in [6.45, 7) is 8.29. The van der Waals surface area contributed by atoms with E-state index in [2.05, 4.69) is 10.8 Å². The molecule has 0 unspecified atom stereocenters. The summed E-state index contributed by atoms with van der Waals surface area (Å²) in [6, 6.07) is 0. The van der Waals surface area contributed by atoms with E-state index in [9.17, 15) is 13.0 Å². The predicted octanol–water partition coefficient (Wildman–Crippen LogP) is -3.33. The van der Waals surface area contributed by atoms with Gasteiger partial charge < -0.3 is 19.5 Å². The summed E-state index contributed by atoms with van der Waals surface area (Å²) in [5, 5.41) is 15.2. The Labute approximate surface area is 131 Å². The SMILES string of the molecule is C=CCOS(=O)(=O)[O-].CCOCC.OCCO.[Na+]. The molecule has 0 radical (unpaired) electrons. The molecule has 0 fully saturated rings. The van der Waals surface area contributed by atoms with Gasteiger partial charge in [0.2, 0.25) is 10.4 Å². The number of hydrogen-bond acceptors (Lipinski definition) is 7. The first-order chi connectivity index (χ1) is 7.89. The van der Waals surface area contributed by atoms with Crippen molar-refractivity contribution in [3.05, 3.63) is 12.7 Å². The molecule has 0 rings (SSSR count). The van der Waals surface area contributed by atoms with Crippen LogP contribution in [0.15, 0.2) is 12.7 Å². The smallest absolute Gasteiger partial charge is 0.726 e. The van der Waals surface area contributed by atoms with E-state index < -0.39 is 10.4 Å². The molecule has 0 heterocycles. The van der Waals surface area contributed by atoms with Crippen LogP contribution in [0.1, 0.15) is 13.8 Å². The average molecular weight is 296 g/mol. The molecule has 0 aromatic rings. The summed E-state index contributed by atoms with van der Waals surface area (Å²) in [7, 11) is -4.51. The molecular formula is C9H21NaO7S. The van der Waals surface area contributed by atoms with Gasteiger partial charge in [-0.3, -0.25) is 4.18 Å². The van der Waals surface area contributed by atoms with Crippen LogP contribution in [-0.2, 0) is 19.3 Å². The van der Waals surface area contributed by atoms with Gasteiger partial charge in [-0.15, -0.1) is 6.58 Å². The molecular weight excluding hydrogens is 275 g/mol. The molecule has 0 bridgehead atoms. The maximum Gasteiger partial charge on any atom is 1.00 e. The first kappa shape index (κ1) is 26.9. The summed E-state index contributed by atoms with van der Waals surface area (Å²) < 4.78 is 37.2. The Morgan fingerprint density at radius 3 is 1.67 bits per heavy atom. The third kappa shape index (κ3) is 54.9. The topological polar surface area (TPSA) is 116 Å². The largest absolute Gasteiger partial charge is 1.00 e. The van der Waals surface area contributed by atoms with Crippen LogP contribution in [-0.4, -0.2) is 56.2 Å². The average Bonchev–Trinajstić information content (AvgIpc) is 2.28. The van der Waals surface area contributed by atoms with Gasteiger partial charge in [0.15, 0.2) is 0 Å². The molecule has 0 aliphatic heterocycles. The van der Waals surface area contributed by atoms with E-state index in [0.29, 0.717) is 0 Å².